The van der Waals surface area contributed by atoms with Crippen molar-refractivity contribution in [3.63, 3.8) is 0 Å². The Morgan fingerprint density at radius 2 is 1.95 bits per heavy atom. The maximum atomic E-state index is 11.7. The molecule has 19 heavy (non-hydrogen) atoms. The minimum atomic E-state index is -0.477. The summed E-state index contributed by atoms with van der Waals surface area (Å²) in [4.78, 5) is 15.8. The molecular formula is C14H8BrNO3. The van der Waals surface area contributed by atoms with Gasteiger partial charge in [-0.05, 0) is 35.9 Å². The SMILES string of the molecule is O=C1OC(c2ccco2)=NC1=Cc1ccc(Br)cc1. The van der Waals surface area contributed by atoms with Gasteiger partial charge in [-0.1, -0.05) is 28.1 Å². The van der Waals surface area contributed by atoms with Crippen molar-refractivity contribution in [3.8, 4) is 0 Å². The summed E-state index contributed by atoms with van der Waals surface area (Å²) in [6.07, 6.45) is 3.17. The zero-order valence-corrected chi connectivity index (χ0v) is 11.3. The van der Waals surface area contributed by atoms with E-state index < -0.39 is 5.97 Å². The Balaban J connectivity index is 1.92. The first-order chi connectivity index (χ1) is 9.22. The molecule has 0 spiro atoms. The predicted octanol–water partition coefficient (Wildman–Crippen LogP) is 3.39. The third-order valence-corrected chi connectivity index (χ3v) is 3.05. The number of aliphatic imine (C=N–C) groups is 1. The van der Waals surface area contributed by atoms with Gasteiger partial charge in [0.2, 0.25) is 0 Å². The highest BCUT2D eigenvalue weighted by Crippen LogP contribution is 2.20. The molecule has 0 saturated carbocycles. The summed E-state index contributed by atoms with van der Waals surface area (Å²) in [7, 11) is 0. The third-order valence-electron chi connectivity index (χ3n) is 2.53. The smallest absolute Gasteiger partial charge is 0.363 e. The van der Waals surface area contributed by atoms with Crippen LogP contribution in [0.4, 0.5) is 0 Å². The van der Waals surface area contributed by atoms with Gasteiger partial charge in [0.05, 0.1) is 6.26 Å². The quantitative estimate of drug-likeness (QED) is 0.630. The van der Waals surface area contributed by atoms with Crippen LogP contribution < -0.4 is 0 Å². The third kappa shape index (κ3) is 2.51. The lowest BCUT2D eigenvalue weighted by Gasteiger charge is -1.94. The molecule has 3 rings (SSSR count). The molecule has 1 aliphatic rings. The van der Waals surface area contributed by atoms with E-state index in [9.17, 15) is 4.79 Å². The van der Waals surface area contributed by atoms with E-state index >= 15 is 0 Å². The summed E-state index contributed by atoms with van der Waals surface area (Å²) in [5.74, 6) is 0.153. The summed E-state index contributed by atoms with van der Waals surface area (Å²) in [6.45, 7) is 0. The first kappa shape index (κ1) is 11.9. The lowest BCUT2D eigenvalue weighted by molar-refractivity contribution is -0.130. The van der Waals surface area contributed by atoms with Crippen LogP contribution in [0.2, 0.25) is 0 Å². The van der Waals surface area contributed by atoms with Crippen molar-refractivity contribution in [1.82, 2.24) is 0 Å². The molecule has 0 amide bonds. The number of ether oxygens (including phenoxy) is 1. The van der Waals surface area contributed by atoms with E-state index in [-0.39, 0.29) is 11.6 Å². The molecule has 1 aromatic heterocycles. The fourth-order valence-electron chi connectivity index (χ4n) is 1.63. The number of benzene rings is 1. The highest BCUT2D eigenvalue weighted by Gasteiger charge is 2.25. The maximum absolute atomic E-state index is 11.7. The van der Waals surface area contributed by atoms with Gasteiger partial charge >= 0.3 is 5.97 Å². The number of hydrogen-bond donors (Lipinski definition) is 0. The van der Waals surface area contributed by atoms with Gasteiger partial charge in [0.1, 0.15) is 0 Å². The molecule has 0 atom stereocenters. The lowest BCUT2D eigenvalue weighted by atomic mass is 10.2. The van der Waals surface area contributed by atoms with E-state index in [2.05, 4.69) is 20.9 Å². The number of furan rings is 1. The fourth-order valence-corrected chi connectivity index (χ4v) is 1.90. The lowest BCUT2D eigenvalue weighted by Crippen LogP contribution is -2.04. The van der Waals surface area contributed by atoms with Crippen LogP contribution >= 0.6 is 15.9 Å². The molecule has 94 valence electrons. The molecule has 0 unspecified atom stereocenters. The number of hydrogen-bond acceptors (Lipinski definition) is 4. The predicted molar refractivity (Wildman–Crippen MR) is 73.5 cm³/mol. The molecule has 0 saturated heterocycles. The first-order valence-electron chi connectivity index (χ1n) is 5.54. The monoisotopic (exact) mass is 317 g/mol. The Bertz CT molecular complexity index is 669. The average molecular weight is 318 g/mol. The van der Waals surface area contributed by atoms with E-state index in [0.29, 0.717) is 5.76 Å². The number of carbonyl (C=O) groups is 1. The first-order valence-corrected chi connectivity index (χ1v) is 6.34. The van der Waals surface area contributed by atoms with E-state index in [0.717, 1.165) is 10.0 Å². The number of nitrogens with zero attached hydrogens (tertiary/aromatic N) is 1. The highest BCUT2D eigenvalue weighted by molar-refractivity contribution is 9.10. The van der Waals surface area contributed by atoms with Crippen molar-refractivity contribution >= 4 is 33.9 Å². The Morgan fingerprint density at radius 1 is 1.16 bits per heavy atom. The normalized spacial score (nSPS) is 16.6. The van der Waals surface area contributed by atoms with E-state index in [4.69, 9.17) is 9.15 Å². The maximum Gasteiger partial charge on any atom is 0.363 e. The topological polar surface area (TPSA) is 51.8 Å². The summed E-state index contributed by atoms with van der Waals surface area (Å²) in [6, 6.07) is 10.9. The minimum absolute atomic E-state index is 0.193. The van der Waals surface area contributed by atoms with Crippen molar-refractivity contribution in [2.75, 3.05) is 0 Å². The second-order valence-corrected chi connectivity index (χ2v) is 4.78. The highest BCUT2D eigenvalue weighted by atomic mass is 79.9. The summed E-state index contributed by atoms with van der Waals surface area (Å²) in [5.41, 5.74) is 1.13. The Labute approximate surface area is 117 Å². The Hall–Kier alpha value is -2.14. The molecule has 2 heterocycles. The molecule has 0 N–H and O–H groups in total. The van der Waals surface area contributed by atoms with Gasteiger partial charge in [-0.3, -0.25) is 0 Å². The molecule has 0 radical (unpaired) electrons. The van der Waals surface area contributed by atoms with Crippen LogP contribution in [0.15, 0.2) is 62.2 Å². The number of carbonyl (C=O) groups excluding carboxylic acids is 1. The molecule has 0 fully saturated rings. The van der Waals surface area contributed by atoms with E-state index in [1.807, 2.05) is 24.3 Å². The van der Waals surface area contributed by atoms with Gasteiger partial charge < -0.3 is 9.15 Å². The van der Waals surface area contributed by atoms with E-state index in [1.165, 1.54) is 6.26 Å². The van der Waals surface area contributed by atoms with Crippen molar-refractivity contribution in [2.45, 2.75) is 0 Å². The van der Waals surface area contributed by atoms with Gasteiger partial charge in [0.25, 0.3) is 5.90 Å². The second kappa shape index (κ2) is 4.85. The molecule has 1 aliphatic heterocycles. The standard InChI is InChI=1S/C14H8BrNO3/c15-10-5-3-9(4-6-10)8-11-14(17)19-13(16-11)12-2-1-7-18-12/h1-8H. The zero-order chi connectivity index (χ0) is 13.2. The second-order valence-electron chi connectivity index (χ2n) is 3.86. The van der Waals surface area contributed by atoms with Crippen LogP contribution in [-0.4, -0.2) is 11.9 Å². The zero-order valence-electron chi connectivity index (χ0n) is 9.67. The summed E-state index contributed by atoms with van der Waals surface area (Å²) >= 11 is 3.35. The Kier molecular flexibility index (Phi) is 3.05. The summed E-state index contributed by atoms with van der Waals surface area (Å²) in [5, 5.41) is 0. The number of esters is 1. The van der Waals surface area contributed by atoms with Gasteiger partial charge in [-0.2, -0.15) is 0 Å². The molecule has 1 aromatic carbocycles. The van der Waals surface area contributed by atoms with Gasteiger partial charge in [0.15, 0.2) is 11.5 Å². The fraction of sp³-hybridized carbons (Fsp3) is 0. The molecule has 5 heteroatoms. The largest absolute Gasteiger partial charge is 0.459 e. The van der Waals surface area contributed by atoms with Crippen molar-refractivity contribution in [2.24, 2.45) is 4.99 Å². The number of halogens is 1. The van der Waals surface area contributed by atoms with Gasteiger partial charge in [-0.15, -0.1) is 0 Å². The number of cyclic esters (lactones) is 1. The van der Waals surface area contributed by atoms with Crippen molar-refractivity contribution < 1.29 is 13.9 Å². The van der Waals surface area contributed by atoms with Crippen LogP contribution in [-0.2, 0) is 9.53 Å². The number of rotatable bonds is 2. The minimum Gasteiger partial charge on any atom is -0.459 e. The molecule has 2 aromatic rings. The van der Waals surface area contributed by atoms with Crippen LogP contribution in [0.25, 0.3) is 6.08 Å². The average Bonchev–Trinajstić information content (AvgIpc) is 3.03. The van der Waals surface area contributed by atoms with Crippen molar-refractivity contribution in [3.05, 3.63) is 64.2 Å². The van der Waals surface area contributed by atoms with Crippen LogP contribution in [0.5, 0.6) is 0 Å². The molecule has 0 bridgehead atoms. The van der Waals surface area contributed by atoms with Gasteiger partial charge in [-0.25, -0.2) is 9.79 Å². The van der Waals surface area contributed by atoms with Crippen molar-refractivity contribution in [1.29, 1.82) is 0 Å². The van der Waals surface area contributed by atoms with Crippen LogP contribution in [0, 0.1) is 0 Å². The Morgan fingerprint density at radius 3 is 2.63 bits per heavy atom. The van der Waals surface area contributed by atoms with E-state index in [1.54, 1.807) is 18.2 Å². The molecule has 0 aliphatic carbocycles. The van der Waals surface area contributed by atoms with Crippen LogP contribution in [0.1, 0.15) is 11.3 Å². The molecule has 4 nitrogen and oxygen atoms in total. The molecular weight excluding hydrogens is 310 g/mol. The van der Waals surface area contributed by atoms with Gasteiger partial charge in [0, 0.05) is 4.47 Å². The summed E-state index contributed by atoms with van der Waals surface area (Å²) < 4.78 is 11.2. The van der Waals surface area contributed by atoms with Crippen LogP contribution in [0.3, 0.4) is 0 Å².